The molecule has 5 heteroatoms. The van der Waals surface area contributed by atoms with Gasteiger partial charge in [0.2, 0.25) is 0 Å². The van der Waals surface area contributed by atoms with E-state index in [1.807, 2.05) is 0 Å². The van der Waals surface area contributed by atoms with E-state index in [9.17, 15) is 0 Å². The minimum Gasteiger partial charge on any atom is -0.458 e. The summed E-state index contributed by atoms with van der Waals surface area (Å²) >= 11 is 0. The molecule has 67 heavy (non-hydrogen) atoms. The maximum Gasteiger partial charge on any atom is 0.256 e. The Morgan fingerprint density at radius 1 is 0.537 bits per heavy atom. The van der Waals surface area contributed by atoms with E-state index < -0.39 is 0 Å². The molecule has 0 N–H and O–H groups in total. The Morgan fingerprint density at radius 3 is 1.93 bits per heavy atom. The third-order valence-electron chi connectivity index (χ3n) is 14.4. The number of rotatable bonds is 7. The molecule has 0 spiro atoms. The standard InChI is InChI=1S/C62H49BN2O2/c1-5-6-23-47-60(48(40-21-11-8-12-22-40)38-49-46-26-15-18-29-56(46)67-61(47)49)65-54-37-43(64-52-27-16-13-24-44(52)45-25-14-17-28-53(45)64)31-32-50(54)63-51-34-41(39-19-9-7-10-20-39)30-33-57(51)66-58-36-42(62(2,3)4)35-55(65)59(58)63/h7-22,24-38H,5-6,23H2,1-4H3. The van der Waals surface area contributed by atoms with Crippen molar-refractivity contribution in [2.24, 2.45) is 0 Å². The number of hydrogen-bond acceptors (Lipinski definition) is 3. The van der Waals surface area contributed by atoms with Crippen molar-refractivity contribution in [1.82, 2.24) is 4.57 Å². The van der Waals surface area contributed by atoms with Gasteiger partial charge in [-0.05, 0) is 111 Å². The van der Waals surface area contributed by atoms with Crippen molar-refractivity contribution in [3.8, 4) is 39.4 Å². The summed E-state index contributed by atoms with van der Waals surface area (Å²) in [4.78, 5) is 2.62. The molecule has 0 fully saturated rings. The molecule has 2 aliphatic heterocycles. The molecule has 0 radical (unpaired) electrons. The van der Waals surface area contributed by atoms with E-state index in [0.29, 0.717) is 0 Å². The normalized spacial score (nSPS) is 13.0. The van der Waals surface area contributed by atoms with E-state index in [1.165, 1.54) is 71.6 Å². The van der Waals surface area contributed by atoms with Gasteiger partial charge in [0.15, 0.2) is 0 Å². The lowest BCUT2D eigenvalue weighted by molar-refractivity contribution is 0.483. The SMILES string of the molecule is CCCCc1c(N2c3cc(-n4c5ccccc5c5ccccc54)ccc3B3c4cc(-c5ccccc5)ccc4Oc4cc(C(C)(C)C)cc2c43)c(-c2ccccc2)cc2c1oc1ccccc12. The molecule has 4 nitrogen and oxygen atoms in total. The molecule has 0 amide bonds. The summed E-state index contributed by atoms with van der Waals surface area (Å²) in [6.07, 6.45) is 2.92. The van der Waals surface area contributed by atoms with E-state index in [1.54, 1.807) is 0 Å². The van der Waals surface area contributed by atoms with Gasteiger partial charge in [-0.3, -0.25) is 0 Å². The van der Waals surface area contributed by atoms with Crippen molar-refractivity contribution in [1.29, 1.82) is 0 Å². The van der Waals surface area contributed by atoms with E-state index in [2.05, 4.69) is 225 Å². The first kappa shape index (κ1) is 39.6. The minimum absolute atomic E-state index is 0.0981. The fourth-order valence-corrected chi connectivity index (χ4v) is 11.2. The molecule has 0 saturated heterocycles. The van der Waals surface area contributed by atoms with Crippen LogP contribution >= 0.6 is 0 Å². The number of aromatic nitrogens is 1. The highest BCUT2D eigenvalue weighted by Crippen LogP contribution is 2.51. The molecule has 0 bridgehead atoms. The van der Waals surface area contributed by atoms with Crippen LogP contribution in [0.1, 0.15) is 51.7 Å². The number of anilines is 3. The van der Waals surface area contributed by atoms with Crippen molar-refractivity contribution in [3.63, 3.8) is 0 Å². The second kappa shape index (κ2) is 15.1. The number of furan rings is 1. The van der Waals surface area contributed by atoms with Crippen molar-refractivity contribution >= 4 is 83.9 Å². The second-order valence-electron chi connectivity index (χ2n) is 19.5. The summed E-state index contributed by atoms with van der Waals surface area (Å²) in [6, 6.07) is 69.1. The Bertz CT molecular complexity index is 3710. The van der Waals surface area contributed by atoms with Crippen LogP contribution in [0.25, 0.3) is 71.7 Å². The Balaban J connectivity index is 1.19. The lowest BCUT2D eigenvalue weighted by Crippen LogP contribution is -2.59. The number of ether oxygens (including phenoxy) is 1. The van der Waals surface area contributed by atoms with Crippen LogP contribution < -0.4 is 26.0 Å². The highest BCUT2D eigenvalue weighted by Gasteiger charge is 2.44. The van der Waals surface area contributed by atoms with Crippen LogP contribution in [-0.4, -0.2) is 11.3 Å². The van der Waals surface area contributed by atoms with E-state index >= 15 is 0 Å². The molecule has 9 aromatic carbocycles. The zero-order chi connectivity index (χ0) is 45.0. The van der Waals surface area contributed by atoms with Gasteiger partial charge in [-0.2, -0.15) is 0 Å². The molecule has 11 aromatic rings. The van der Waals surface area contributed by atoms with Gasteiger partial charge in [-0.25, -0.2) is 0 Å². The van der Waals surface area contributed by atoms with Crippen LogP contribution in [0.5, 0.6) is 11.5 Å². The van der Waals surface area contributed by atoms with Gasteiger partial charge in [0.05, 0.1) is 16.7 Å². The Morgan fingerprint density at radius 2 is 1.21 bits per heavy atom. The van der Waals surface area contributed by atoms with E-state index in [-0.39, 0.29) is 12.1 Å². The number of aryl methyl sites for hydroxylation is 1. The number of hydrogen-bond donors (Lipinski definition) is 0. The topological polar surface area (TPSA) is 30.5 Å². The largest absolute Gasteiger partial charge is 0.458 e. The molecule has 4 heterocycles. The number of nitrogens with zero attached hydrogens (tertiary/aromatic N) is 2. The Labute approximate surface area is 391 Å². The number of unbranched alkanes of at least 4 members (excludes halogenated alkanes) is 1. The van der Waals surface area contributed by atoms with Crippen LogP contribution in [0.2, 0.25) is 0 Å². The first-order valence-corrected chi connectivity index (χ1v) is 23.8. The predicted octanol–water partition coefficient (Wildman–Crippen LogP) is 15.1. The van der Waals surface area contributed by atoms with E-state index in [0.717, 1.165) is 75.4 Å². The third kappa shape index (κ3) is 6.14. The summed E-state index contributed by atoms with van der Waals surface area (Å²) in [5.74, 6) is 1.81. The molecule has 0 saturated carbocycles. The number of fused-ring (bicyclic) bond motifs is 10. The molecule has 0 aliphatic carbocycles. The van der Waals surface area contributed by atoms with Gasteiger partial charge in [0, 0.05) is 49.7 Å². The van der Waals surface area contributed by atoms with Crippen LogP contribution in [0.4, 0.5) is 17.1 Å². The minimum atomic E-state index is -0.172. The van der Waals surface area contributed by atoms with Gasteiger partial charge >= 0.3 is 0 Å². The Kier molecular flexibility index (Phi) is 8.95. The van der Waals surface area contributed by atoms with Gasteiger partial charge in [0.25, 0.3) is 6.71 Å². The number of benzene rings is 9. The first-order valence-electron chi connectivity index (χ1n) is 23.8. The predicted molar refractivity (Wildman–Crippen MR) is 282 cm³/mol. The number of para-hydroxylation sites is 3. The Hall–Kier alpha value is -7.76. The smallest absolute Gasteiger partial charge is 0.256 e. The van der Waals surface area contributed by atoms with E-state index in [4.69, 9.17) is 9.15 Å². The van der Waals surface area contributed by atoms with Crippen LogP contribution in [0.3, 0.4) is 0 Å². The van der Waals surface area contributed by atoms with Crippen LogP contribution in [0.15, 0.2) is 192 Å². The monoisotopic (exact) mass is 864 g/mol. The van der Waals surface area contributed by atoms with Crippen LogP contribution in [0, 0.1) is 0 Å². The fourth-order valence-electron chi connectivity index (χ4n) is 11.2. The zero-order valence-electron chi connectivity index (χ0n) is 38.3. The molecular formula is C62H49BN2O2. The highest BCUT2D eigenvalue weighted by atomic mass is 16.5. The van der Waals surface area contributed by atoms with Gasteiger partial charge < -0.3 is 18.6 Å². The summed E-state index contributed by atoms with van der Waals surface area (Å²) in [5.41, 5.74) is 19.4. The highest BCUT2D eigenvalue weighted by molar-refractivity contribution is 6.99. The summed E-state index contributed by atoms with van der Waals surface area (Å²) in [5, 5.41) is 4.77. The molecule has 0 atom stereocenters. The van der Waals surface area contributed by atoms with Crippen molar-refractivity contribution < 1.29 is 9.15 Å². The molecule has 13 rings (SSSR count). The van der Waals surface area contributed by atoms with Crippen molar-refractivity contribution in [3.05, 3.63) is 199 Å². The maximum absolute atomic E-state index is 7.20. The van der Waals surface area contributed by atoms with Crippen molar-refractivity contribution in [2.75, 3.05) is 4.90 Å². The van der Waals surface area contributed by atoms with Crippen LogP contribution in [-0.2, 0) is 11.8 Å². The molecule has 322 valence electrons. The van der Waals surface area contributed by atoms with Gasteiger partial charge in [-0.1, -0.05) is 168 Å². The molecule has 2 aliphatic rings. The van der Waals surface area contributed by atoms with Gasteiger partial charge in [-0.15, -0.1) is 0 Å². The molecular weight excluding hydrogens is 816 g/mol. The summed E-state index contributed by atoms with van der Waals surface area (Å²) in [7, 11) is 0. The lowest BCUT2D eigenvalue weighted by Gasteiger charge is -2.42. The lowest BCUT2D eigenvalue weighted by atomic mass is 9.34. The van der Waals surface area contributed by atoms with Gasteiger partial charge in [0.1, 0.15) is 22.7 Å². The second-order valence-corrected chi connectivity index (χ2v) is 19.5. The summed E-state index contributed by atoms with van der Waals surface area (Å²) < 4.78 is 16.7. The maximum atomic E-state index is 7.20. The molecule has 2 aromatic heterocycles. The fraction of sp³-hybridized carbons (Fsp3) is 0.129. The first-order chi connectivity index (χ1) is 32.8. The molecule has 0 unspecified atom stereocenters. The zero-order valence-corrected chi connectivity index (χ0v) is 38.3. The average molecular weight is 865 g/mol. The van der Waals surface area contributed by atoms with Crippen molar-refractivity contribution in [2.45, 2.75) is 52.4 Å². The third-order valence-corrected chi connectivity index (χ3v) is 14.4. The summed E-state index contributed by atoms with van der Waals surface area (Å²) in [6.45, 7) is 9.12. The quantitative estimate of drug-likeness (QED) is 0.150. The average Bonchev–Trinajstić information content (AvgIpc) is 3.91.